The summed E-state index contributed by atoms with van der Waals surface area (Å²) in [5.41, 5.74) is -1.89. The maximum atomic E-state index is 13.1. The number of alkyl halides is 3. The van der Waals surface area contributed by atoms with Crippen molar-refractivity contribution in [3.05, 3.63) is 23.3 Å². The fourth-order valence-electron chi connectivity index (χ4n) is 1.76. The predicted molar refractivity (Wildman–Crippen MR) is 64.7 cm³/mol. The van der Waals surface area contributed by atoms with E-state index in [9.17, 15) is 18.3 Å². The average Bonchev–Trinajstić information content (AvgIpc) is 2.35. The predicted octanol–water partition coefficient (Wildman–Crippen LogP) is 2.99. The molecule has 0 saturated heterocycles. The summed E-state index contributed by atoms with van der Waals surface area (Å²) in [6.45, 7) is 2.65. The van der Waals surface area contributed by atoms with Crippen LogP contribution in [0.2, 0.25) is 0 Å². The van der Waals surface area contributed by atoms with E-state index in [0.717, 1.165) is 6.07 Å². The summed E-state index contributed by atoms with van der Waals surface area (Å²) in [6.07, 6.45) is -4.53. The van der Waals surface area contributed by atoms with Crippen LogP contribution in [0.1, 0.15) is 25.0 Å². The molecule has 1 rings (SSSR count). The van der Waals surface area contributed by atoms with Crippen molar-refractivity contribution < 1.29 is 27.8 Å². The molecule has 19 heavy (non-hydrogen) atoms. The summed E-state index contributed by atoms with van der Waals surface area (Å²) in [7, 11) is 2.62. The molecular weight excluding hydrogens is 261 g/mol. The Labute approximate surface area is 110 Å². The lowest BCUT2D eigenvalue weighted by Gasteiger charge is -2.27. The van der Waals surface area contributed by atoms with Gasteiger partial charge in [-0.15, -0.1) is 0 Å². The largest absolute Gasteiger partial charge is 0.493 e. The third-order valence-corrected chi connectivity index (χ3v) is 2.95. The third-order valence-electron chi connectivity index (χ3n) is 2.95. The van der Waals surface area contributed by atoms with Crippen molar-refractivity contribution in [2.75, 3.05) is 20.8 Å². The molecule has 108 valence electrons. The number of halogens is 3. The van der Waals surface area contributed by atoms with Gasteiger partial charge in [0.05, 0.1) is 26.4 Å². The normalized spacial score (nSPS) is 12.4. The molecule has 0 aliphatic carbocycles. The molecule has 0 amide bonds. The fourth-order valence-corrected chi connectivity index (χ4v) is 1.76. The Morgan fingerprint density at radius 1 is 1.00 bits per heavy atom. The van der Waals surface area contributed by atoms with Gasteiger partial charge in [0, 0.05) is 5.41 Å². The molecule has 0 unspecified atom stereocenters. The van der Waals surface area contributed by atoms with Crippen molar-refractivity contribution in [3.8, 4) is 11.5 Å². The van der Waals surface area contributed by atoms with Crippen LogP contribution < -0.4 is 9.47 Å². The van der Waals surface area contributed by atoms with E-state index in [1.165, 1.54) is 34.1 Å². The molecule has 1 aromatic carbocycles. The quantitative estimate of drug-likeness (QED) is 0.920. The maximum absolute atomic E-state index is 13.1. The summed E-state index contributed by atoms with van der Waals surface area (Å²) in [4.78, 5) is 0. The summed E-state index contributed by atoms with van der Waals surface area (Å²) in [6, 6.07) is 2.16. The van der Waals surface area contributed by atoms with Crippen molar-refractivity contribution in [3.63, 3.8) is 0 Å². The van der Waals surface area contributed by atoms with Crippen LogP contribution in [0, 0.1) is 0 Å². The molecule has 6 heteroatoms. The van der Waals surface area contributed by atoms with Crippen LogP contribution in [-0.4, -0.2) is 25.9 Å². The van der Waals surface area contributed by atoms with E-state index >= 15 is 0 Å². The standard InChI is InChI=1S/C13H17F3O3/c1-12(2,7-17)8-5-10(18-3)11(19-4)6-9(8)13(14,15)16/h5-6,17H,7H2,1-4H3. The van der Waals surface area contributed by atoms with Gasteiger partial charge in [0.1, 0.15) is 0 Å². The van der Waals surface area contributed by atoms with Crippen LogP contribution >= 0.6 is 0 Å². The smallest absolute Gasteiger partial charge is 0.416 e. The van der Waals surface area contributed by atoms with E-state index in [4.69, 9.17) is 9.47 Å². The fraction of sp³-hybridized carbons (Fsp3) is 0.538. The van der Waals surface area contributed by atoms with E-state index in [1.54, 1.807) is 0 Å². The third kappa shape index (κ3) is 3.12. The lowest BCUT2D eigenvalue weighted by molar-refractivity contribution is -0.139. The van der Waals surface area contributed by atoms with Gasteiger partial charge in [0.25, 0.3) is 0 Å². The molecule has 0 fully saturated rings. The summed E-state index contributed by atoms with van der Waals surface area (Å²) in [5, 5.41) is 9.29. The minimum atomic E-state index is -4.53. The zero-order valence-corrected chi connectivity index (χ0v) is 11.3. The van der Waals surface area contributed by atoms with Crippen molar-refractivity contribution in [1.82, 2.24) is 0 Å². The highest BCUT2D eigenvalue weighted by molar-refractivity contribution is 5.50. The number of ether oxygens (including phenoxy) is 2. The van der Waals surface area contributed by atoms with Crippen LogP contribution in [-0.2, 0) is 11.6 Å². The van der Waals surface area contributed by atoms with Crippen LogP contribution in [0.25, 0.3) is 0 Å². The molecule has 0 bridgehead atoms. The van der Waals surface area contributed by atoms with E-state index < -0.39 is 23.8 Å². The van der Waals surface area contributed by atoms with Crippen molar-refractivity contribution in [2.24, 2.45) is 0 Å². The molecule has 0 saturated carbocycles. The van der Waals surface area contributed by atoms with Gasteiger partial charge in [0.2, 0.25) is 0 Å². The molecule has 1 aromatic rings. The highest BCUT2D eigenvalue weighted by Gasteiger charge is 2.39. The van der Waals surface area contributed by atoms with E-state index in [2.05, 4.69) is 0 Å². The number of rotatable bonds is 4. The zero-order chi connectivity index (χ0) is 14.8. The number of hydrogen-bond acceptors (Lipinski definition) is 3. The van der Waals surface area contributed by atoms with Gasteiger partial charge >= 0.3 is 6.18 Å². The maximum Gasteiger partial charge on any atom is 0.416 e. The van der Waals surface area contributed by atoms with Gasteiger partial charge in [-0.25, -0.2) is 0 Å². The first-order valence-electron chi connectivity index (χ1n) is 5.62. The van der Waals surface area contributed by atoms with Gasteiger partial charge in [-0.1, -0.05) is 13.8 Å². The number of methoxy groups -OCH3 is 2. The number of aliphatic hydroxyl groups is 1. The van der Waals surface area contributed by atoms with E-state index in [0.29, 0.717) is 0 Å². The SMILES string of the molecule is COc1cc(C(F)(F)F)c(C(C)(C)CO)cc1OC. The summed E-state index contributed by atoms with van der Waals surface area (Å²) in [5.74, 6) is 0.208. The molecular formula is C13H17F3O3. The van der Waals surface area contributed by atoms with Gasteiger partial charge in [-0.05, 0) is 17.7 Å². The molecule has 3 nitrogen and oxygen atoms in total. The van der Waals surface area contributed by atoms with Crippen molar-refractivity contribution in [1.29, 1.82) is 0 Å². The second-order valence-electron chi connectivity index (χ2n) is 4.79. The lowest BCUT2D eigenvalue weighted by Crippen LogP contribution is -2.26. The van der Waals surface area contributed by atoms with Gasteiger partial charge in [-0.2, -0.15) is 13.2 Å². The van der Waals surface area contributed by atoms with Crippen LogP contribution in [0.5, 0.6) is 11.5 Å². The van der Waals surface area contributed by atoms with Crippen LogP contribution in [0.4, 0.5) is 13.2 Å². The number of aliphatic hydroxyl groups excluding tert-OH is 1. The molecule has 0 atom stereocenters. The first kappa shape index (κ1) is 15.6. The second-order valence-corrected chi connectivity index (χ2v) is 4.79. The van der Waals surface area contributed by atoms with Gasteiger partial charge < -0.3 is 14.6 Å². The Morgan fingerprint density at radius 2 is 1.42 bits per heavy atom. The van der Waals surface area contributed by atoms with Crippen molar-refractivity contribution >= 4 is 0 Å². The minimum Gasteiger partial charge on any atom is -0.493 e. The Balaban J connectivity index is 3.59. The monoisotopic (exact) mass is 278 g/mol. The molecule has 0 radical (unpaired) electrons. The number of benzene rings is 1. The van der Waals surface area contributed by atoms with Gasteiger partial charge in [0.15, 0.2) is 11.5 Å². The minimum absolute atomic E-state index is 0.00677. The highest BCUT2D eigenvalue weighted by Crippen LogP contribution is 2.43. The van der Waals surface area contributed by atoms with E-state index in [1.807, 2.05) is 0 Å². The Kier molecular flexibility index (Phi) is 4.35. The topological polar surface area (TPSA) is 38.7 Å². The first-order valence-corrected chi connectivity index (χ1v) is 5.62. The molecule has 0 aliphatic heterocycles. The van der Waals surface area contributed by atoms with Crippen LogP contribution in [0.3, 0.4) is 0 Å². The molecule has 0 aliphatic rings. The Hall–Kier alpha value is -1.43. The second kappa shape index (κ2) is 5.28. The first-order chi connectivity index (χ1) is 8.67. The molecule has 1 N–H and O–H groups in total. The van der Waals surface area contributed by atoms with E-state index in [-0.39, 0.29) is 17.1 Å². The number of hydrogen-bond donors (Lipinski definition) is 1. The van der Waals surface area contributed by atoms with Crippen molar-refractivity contribution in [2.45, 2.75) is 25.4 Å². The average molecular weight is 278 g/mol. The highest BCUT2D eigenvalue weighted by atomic mass is 19.4. The van der Waals surface area contributed by atoms with Gasteiger partial charge in [-0.3, -0.25) is 0 Å². The Morgan fingerprint density at radius 3 is 1.74 bits per heavy atom. The zero-order valence-electron chi connectivity index (χ0n) is 11.3. The summed E-state index contributed by atoms with van der Waals surface area (Å²) >= 11 is 0. The summed E-state index contributed by atoms with van der Waals surface area (Å²) < 4.78 is 49.2. The lowest BCUT2D eigenvalue weighted by atomic mass is 9.82. The van der Waals surface area contributed by atoms with Crippen LogP contribution in [0.15, 0.2) is 12.1 Å². The Bertz CT molecular complexity index is 453. The molecule has 0 aromatic heterocycles. The molecule has 0 spiro atoms. The molecule has 0 heterocycles.